The maximum atomic E-state index is 10.8. The van der Waals surface area contributed by atoms with Crippen molar-refractivity contribution in [1.82, 2.24) is 0 Å². The third-order valence-electron chi connectivity index (χ3n) is 6.96. The van der Waals surface area contributed by atoms with Crippen LogP contribution < -0.4 is 4.74 Å². The largest absolute Gasteiger partial charge is 0.497 e. The fourth-order valence-electron chi connectivity index (χ4n) is 5.19. The van der Waals surface area contributed by atoms with Crippen LogP contribution in [-0.2, 0) is 11.2 Å². The van der Waals surface area contributed by atoms with Crippen LogP contribution in [0.25, 0.3) is 0 Å². The molecule has 0 N–H and O–H groups in total. The average molecular weight is 387 g/mol. The first-order valence-electron chi connectivity index (χ1n) is 11.8. The van der Waals surface area contributed by atoms with Crippen molar-refractivity contribution in [1.29, 1.82) is 0 Å². The summed E-state index contributed by atoms with van der Waals surface area (Å²) in [6.07, 6.45) is 17.3. The molecule has 0 atom stereocenters. The van der Waals surface area contributed by atoms with Gasteiger partial charge >= 0.3 is 0 Å². The summed E-state index contributed by atoms with van der Waals surface area (Å²) in [7, 11) is 1.69. The molecular formula is C26H42O2. The van der Waals surface area contributed by atoms with Gasteiger partial charge in [-0.2, -0.15) is 0 Å². The lowest BCUT2D eigenvalue weighted by Crippen LogP contribution is -2.26. The van der Waals surface area contributed by atoms with Gasteiger partial charge in [-0.3, -0.25) is 0 Å². The Morgan fingerprint density at radius 2 is 1.43 bits per heavy atom. The molecule has 0 heterocycles. The van der Waals surface area contributed by atoms with Gasteiger partial charge in [0, 0.05) is 5.92 Å². The van der Waals surface area contributed by atoms with E-state index < -0.39 is 0 Å². The molecule has 0 aliphatic heterocycles. The second-order valence-corrected chi connectivity index (χ2v) is 8.98. The first-order chi connectivity index (χ1) is 13.7. The summed E-state index contributed by atoms with van der Waals surface area (Å²) in [6.45, 7) is 4.50. The fourth-order valence-corrected chi connectivity index (χ4v) is 5.19. The standard InChI is InChI=1S/C16H28O.C10H14O/c1-2-3-13-4-8-15(9-5-13)16-10-6-14(12-17)7-11-16;1-3-4-9-5-7-10(11-2)8-6-9/h12-16H,2-11H2,1H3;5-8H,3-4H2,1-2H3. The molecule has 2 aliphatic rings. The van der Waals surface area contributed by atoms with Crippen LogP contribution in [0.4, 0.5) is 0 Å². The minimum Gasteiger partial charge on any atom is -0.497 e. The van der Waals surface area contributed by atoms with Gasteiger partial charge in [0.2, 0.25) is 0 Å². The lowest BCUT2D eigenvalue weighted by Gasteiger charge is -2.37. The third kappa shape index (κ3) is 7.60. The smallest absolute Gasteiger partial charge is 0.123 e. The van der Waals surface area contributed by atoms with Crippen molar-refractivity contribution < 1.29 is 9.53 Å². The first kappa shape index (κ1) is 23.0. The second-order valence-electron chi connectivity index (χ2n) is 8.98. The van der Waals surface area contributed by atoms with E-state index in [0.717, 1.165) is 29.9 Å². The van der Waals surface area contributed by atoms with E-state index in [-0.39, 0.29) is 0 Å². The van der Waals surface area contributed by atoms with E-state index in [2.05, 4.69) is 26.0 Å². The van der Waals surface area contributed by atoms with Gasteiger partial charge < -0.3 is 9.53 Å². The number of methoxy groups -OCH3 is 1. The number of rotatable bonds is 7. The van der Waals surface area contributed by atoms with Gasteiger partial charge in [0.05, 0.1) is 7.11 Å². The summed E-state index contributed by atoms with van der Waals surface area (Å²) in [4.78, 5) is 10.8. The van der Waals surface area contributed by atoms with E-state index in [1.165, 1.54) is 82.5 Å². The molecule has 2 fully saturated rings. The molecule has 2 nitrogen and oxygen atoms in total. The molecule has 2 saturated carbocycles. The highest BCUT2D eigenvalue weighted by Gasteiger charge is 2.30. The zero-order chi connectivity index (χ0) is 20.2. The van der Waals surface area contributed by atoms with Crippen LogP contribution in [0.5, 0.6) is 5.75 Å². The van der Waals surface area contributed by atoms with Crippen LogP contribution in [0.15, 0.2) is 24.3 Å². The number of aryl methyl sites for hydroxylation is 1. The Bertz CT molecular complexity index is 520. The molecule has 3 rings (SSSR count). The molecule has 1 aromatic carbocycles. The molecule has 0 unspecified atom stereocenters. The Labute approximate surface area is 173 Å². The number of hydrogen-bond donors (Lipinski definition) is 0. The number of benzene rings is 1. The number of hydrogen-bond acceptors (Lipinski definition) is 2. The molecule has 0 amide bonds. The van der Waals surface area contributed by atoms with Gasteiger partial charge in [0.1, 0.15) is 12.0 Å². The topological polar surface area (TPSA) is 26.3 Å². The van der Waals surface area contributed by atoms with Crippen molar-refractivity contribution in [3.8, 4) is 5.75 Å². The summed E-state index contributed by atoms with van der Waals surface area (Å²) >= 11 is 0. The van der Waals surface area contributed by atoms with E-state index in [0.29, 0.717) is 5.92 Å². The lowest BCUT2D eigenvalue weighted by molar-refractivity contribution is -0.112. The van der Waals surface area contributed by atoms with Gasteiger partial charge in [-0.1, -0.05) is 58.1 Å². The van der Waals surface area contributed by atoms with Gasteiger partial charge in [-0.25, -0.2) is 0 Å². The Hall–Kier alpha value is -1.31. The van der Waals surface area contributed by atoms with Crippen molar-refractivity contribution >= 4 is 6.29 Å². The monoisotopic (exact) mass is 386 g/mol. The SMILES string of the molecule is CCCC1CCC(C2CCC(C=O)CC2)CC1.CCCc1ccc(OC)cc1. The van der Waals surface area contributed by atoms with Gasteiger partial charge in [0.15, 0.2) is 0 Å². The predicted octanol–water partition coefficient (Wildman–Crippen LogP) is 7.25. The van der Waals surface area contributed by atoms with Crippen LogP contribution in [0.2, 0.25) is 0 Å². The Morgan fingerprint density at radius 3 is 1.89 bits per heavy atom. The van der Waals surface area contributed by atoms with E-state index in [1.54, 1.807) is 7.11 Å². The van der Waals surface area contributed by atoms with Crippen molar-refractivity contribution in [3.05, 3.63) is 29.8 Å². The van der Waals surface area contributed by atoms with Crippen LogP contribution >= 0.6 is 0 Å². The molecule has 0 radical (unpaired) electrons. The molecule has 0 saturated heterocycles. The first-order valence-corrected chi connectivity index (χ1v) is 11.8. The zero-order valence-electron chi connectivity index (χ0n) is 18.5. The van der Waals surface area contributed by atoms with Crippen LogP contribution in [0.3, 0.4) is 0 Å². The molecule has 28 heavy (non-hydrogen) atoms. The van der Waals surface area contributed by atoms with E-state index in [9.17, 15) is 4.79 Å². The summed E-state index contributed by atoms with van der Waals surface area (Å²) in [5.41, 5.74) is 1.38. The van der Waals surface area contributed by atoms with Crippen molar-refractivity contribution in [2.45, 2.75) is 90.9 Å². The highest BCUT2D eigenvalue weighted by Crippen LogP contribution is 2.41. The van der Waals surface area contributed by atoms with E-state index >= 15 is 0 Å². The van der Waals surface area contributed by atoms with Crippen molar-refractivity contribution in [2.24, 2.45) is 23.7 Å². The number of ether oxygens (including phenoxy) is 1. The molecule has 2 aliphatic carbocycles. The van der Waals surface area contributed by atoms with Gasteiger partial charge in [-0.05, 0) is 80.4 Å². The third-order valence-corrected chi connectivity index (χ3v) is 6.96. The number of aldehydes is 1. The second kappa shape index (κ2) is 13.0. The zero-order valence-corrected chi connectivity index (χ0v) is 18.5. The van der Waals surface area contributed by atoms with E-state index in [4.69, 9.17) is 4.74 Å². The number of carbonyl (C=O) groups is 1. The number of carbonyl (C=O) groups excluding carboxylic acids is 1. The molecule has 2 heteroatoms. The highest BCUT2D eigenvalue weighted by molar-refractivity contribution is 5.53. The van der Waals surface area contributed by atoms with Crippen LogP contribution in [0.1, 0.15) is 90.0 Å². The summed E-state index contributed by atoms with van der Waals surface area (Å²) in [6, 6.07) is 8.24. The Morgan fingerprint density at radius 1 is 0.857 bits per heavy atom. The fraction of sp³-hybridized carbons (Fsp3) is 0.731. The van der Waals surface area contributed by atoms with Crippen LogP contribution in [-0.4, -0.2) is 13.4 Å². The average Bonchev–Trinajstić information content (AvgIpc) is 2.76. The van der Waals surface area contributed by atoms with Crippen molar-refractivity contribution in [3.63, 3.8) is 0 Å². The van der Waals surface area contributed by atoms with Gasteiger partial charge in [-0.15, -0.1) is 0 Å². The van der Waals surface area contributed by atoms with E-state index in [1.807, 2.05) is 12.1 Å². The maximum absolute atomic E-state index is 10.8. The molecule has 158 valence electrons. The highest BCUT2D eigenvalue weighted by atomic mass is 16.5. The normalized spacial score (nSPS) is 27.4. The molecule has 1 aromatic rings. The minimum atomic E-state index is 0.391. The predicted molar refractivity (Wildman–Crippen MR) is 119 cm³/mol. The minimum absolute atomic E-state index is 0.391. The summed E-state index contributed by atoms with van der Waals surface area (Å²) in [5, 5.41) is 0. The Balaban J connectivity index is 0.000000221. The van der Waals surface area contributed by atoms with Crippen molar-refractivity contribution in [2.75, 3.05) is 7.11 Å². The summed E-state index contributed by atoms with van der Waals surface area (Å²) in [5.74, 6) is 4.31. The maximum Gasteiger partial charge on any atom is 0.123 e. The molecule has 0 bridgehead atoms. The van der Waals surface area contributed by atoms with Gasteiger partial charge in [0.25, 0.3) is 0 Å². The quantitative estimate of drug-likeness (QED) is 0.461. The molecular weight excluding hydrogens is 344 g/mol. The van der Waals surface area contributed by atoms with Crippen LogP contribution in [0, 0.1) is 23.7 Å². The molecule has 0 aromatic heterocycles. The Kier molecular flexibility index (Phi) is 10.7. The summed E-state index contributed by atoms with van der Waals surface area (Å²) < 4.78 is 5.05. The lowest BCUT2D eigenvalue weighted by atomic mass is 9.69. The molecule has 0 spiro atoms.